The smallest absolute Gasteiger partial charge is 0.416 e. The number of carbonyl (C=O) groups is 1. The highest BCUT2D eigenvalue weighted by Crippen LogP contribution is 2.40. The van der Waals surface area contributed by atoms with Crippen molar-refractivity contribution in [3.05, 3.63) is 106 Å². The highest BCUT2D eigenvalue weighted by atomic mass is 19.4. The lowest BCUT2D eigenvalue weighted by atomic mass is 9.98. The lowest BCUT2D eigenvalue weighted by Gasteiger charge is -2.14. The molecule has 3 rings (SSSR count). The number of nitro benzene ring substituents is 1. The SMILES string of the molecule is C=C(Cc1ccc(Oc2ccc(C(F)(F)F)cc2[N+](=O)[O-])c(OC)c1)C(=O)c1ccccc1. The van der Waals surface area contributed by atoms with Gasteiger partial charge in [-0.3, -0.25) is 14.9 Å². The molecule has 0 saturated carbocycles. The van der Waals surface area contributed by atoms with Crippen LogP contribution in [0.5, 0.6) is 17.2 Å². The Hall–Kier alpha value is -4.14. The van der Waals surface area contributed by atoms with Crippen LogP contribution in [0, 0.1) is 10.1 Å². The number of allylic oxidation sites excluding steroid dienone is 1. The Kier molecular flexibility index (Phi) is 6.81. The van der Waals surface area contributed by atoms with Gasteiger partial charge in [-0.2, -0.15) is 13.2 Å². The van der Waals surface area contributed by atoms with Crippen molar-refractivity contribution in [1.29, 1.82) is 0 Å². The molecule has 0 fully saturated rings. The topological polar surface area (TPSA) is 78.7 Å². The number of alkyl halides is 3. The third-order valence-corrected chi connectivity index (χ3v) is 4.71. The lowest BCUT2D eigenvalue weighted by molar-refractivity contribution is -0.385. The van der Waals surface area contributed by atoms with Gasteiger partial charge in [0.25, 0.3) is 0 Å². The zero-order valence-electron chi connectivity index (χ0n) is 17.4. The summed E-state index contributed by atoms with van der Waals surface area (Å²) in [5.41, 5.74) is -0.488. The van der Waals surface area contributed by atoms with Gasteiger partial charge in [0.15, 0.2) is 17.3 Å². The number of methoxy groups -OCH3 is 1. The predicted octanol–water partition coefficient (Wildman–Crippen LogP) is 6.40. The molecular formula is C24H18F3NO5. The van der Waals surface area contributed by atoms with Crippen LogP contribution in [0.4, 0.5) is 18.9 Å². The summed E-state index contributed by atoms with van der Waals surface area (Å²) < 4.78 is 49.5. The van der Waals surface area contributed by atoms with Crippen molar-refractivity contribution in [1.82, 2.24) is 0 Å². The van der Waals surface area contributed by atoms with Crippen LogP contribution in [-0.4, -0.2) is 17.8 Å². The second-order valence-electron chi connectivity index (χ2n) is 7.00. The lowest BCUT2D eigenvalue weighted by Crippen LogP contribution is -2.06. The largest absolute Gasteiger partial charge is 0.493 e. The third kappa shape index (κ3) is 5.57. The van der Waals surface area contributed by atoms with Crippen LogP contribution in [0.15, 0.2) is 78.9 Å². The Morgan fingerprint density at radius 1 is 1.00 bits per heavy atom. The number of hydrogen-bond acceptors (Lipinski definition) is 5. The van der Waals surface area contributed by atoms with Crippen molar-refractivity contribution in [2.45, 2.75) is 12.6 Å². The van der Waals surface area contributed by atoms with Gasteiger partial charge in [-0.15, -0.1) is 0 Å². The summed E-state index contributed by atoms with van der Waals surface area (Å²) in [6.45, 7) is 3.84. The fourth-order valence-electron chi connectivity index (χ4n) is 3.07. The van der Waals surface area contributed by atoms with Crippen LogP contribution < -0.4 is 9.47 Å². The number of benzene rings is 3. The van der Waals surface area contributed by atoms with Crippen molar-refractivity contribution in [2.75, 3.05) is 7.11 Å². The van der Waals surface area contributed by atoms with E-state index in [1.54, 1.807) is 42.5 Å². The van der Waals surface area contributed by atoms with E-state index in [4.69, 9.17) is 9.47 Å². The van der Waals surface area contributed by atoms with E-state index in [1.807, 2.05) is 0 Å². The molecule has 0 spiro atoms. The Morgan fingerprint density at radius 2 is 1.67 bits per heavy atom. The molecule has 0 unspecified atom stereocenters. The second-order valence-corrected chi connectivity index (χ2v) is 7.00. The average molecular weight is 457 g/mol. The van der Waals surface area contributed by atoms with Crippen LogP contribution in [0.25, 0.3) is 0 Å². The van der Waals surface area contributed by atoms with Gasteiger partial charge in [-0.1, -0.05) is 43.0 Å². The van der Waals surface area contributed by atoms with Crippen LogP contribution in [0.2, 0.25) is 0 Å². The summed E-state index contributed by atoms with van der Waals surface area (Å²) in [6.07, 6.45) is -4.52. The van der Waals surface area contributed by atoms with Crippen LogP contribution in [-0.2, 0) is 12.6 Å². The van der Waals surface area contributed by atoms with E-state index < -0.39 is 22.4 Å². The first kappa shape index (κ1) is 23.5. The first-order chi connectivity index (χ1) is 15.6. The molecule has 0 radical (unpaired) electrons. The van der Waals surface area contributed by atoms with Crippen LogP contribution in [0.1, 0.15) is 21.5 Å². The first-order valence-corrected chi connectivity index (χ1v) is 9.58. The predicted molar refractivity (Wildman–Crippen MR) is 115 cm³/mol. The summed E-state index contributed by atoms with van der Waals surface area (Å²) in [5, 5.41) is 11.3. The molecule has 0 amide bonds. The molecular weight excluding hydrogens is 439 g/mol. The molecule has 0 aliphatic rings. The van der Waals surface area contributed by atoms with Gasteiger partial charge < -0.3 is 9.47 Å². The van der Waals surface area contributed by atoms with Gasteiger partial charge in [0.1, 0.15) is 0 Å². The molecule has 0 aliphatic heterocycles. The van der Waals surface area contributed by atoms with Crippen molar-refractivity contribution in [3.63, 3.8) is 0 Å². The van der Waals surface area contributed by atoms with Crippen LogP contribution >= 0.6 is 0 Å². The molecule has 170 valence electrons. The fourth-order valence-corrected chi connectivity index (χ4v) is 3.07. The van der Waals surface area contributed by atoms with Crippen molar-refractivity contribution < 1.29 is 32.4 Å². The zero-order valence-corrected chi connectivity index (χ0v) is 17.4. The van der Waals surface area contributed by atoms with Gasteiger partial charge in [0.05, 0.1) is 17.6 Å². The number of nitrogens with zero attached hydrogens (tertiary/aromatic N) is 1. The quantitative estimate of drug-likeness (QED) is 0.169. The number of Topliss-reactive ketones (excluding diaryl/α,β-unsaturated/α-hetero) is 1. The minimum Gasteiger partial charge on any atom is -0.493 e. The highest BCUT2D eigenvalue weighted by Gasteiger charge is 2.33. The maximum Gasteiger partial charge on any atom is 0.416 e. The maximum atomic E-state index is 12.9. The van der Waals surface area contributed by atoms with E-state index in [1.165, 1.54) is 13.2 Å². The van der Waals surface area contributed by atoms with Gasteiger partial charge >= 0.3 is 11.9 Å². The summed E-state index contributed by atoms with van der Waals surface area (Å²) >= 11 is 0. The van der Waals surface area contributed by atoms with E-state index in [0.717, 1.165) is 6.07 Å². The molecule has 6 nitrogen and oxygen atoms in total. The van der Waals surface area contributed by atoms with E-state index >= 15 is 0 Å². The summed E-state index contributed by atoms with van der Waals surface area (Å²) in [5.74, 6) is -0.344. The molecule has 0 aliphatic carbocycles. The van der Waals surface area contributed by atoms with E-state index in [0.29, 0.717) is 28.8 Å². The van der Waals surface area contributed by atoms with Crippen molar-refractivity contribution in [2.24, 2.45) is 0 Å². The highest BCUT2D eigenvalue weighted by molar-refractivity contribution is 6.08. The molecule has 9 heteroatoms. The van der Waals surface area contributed by atoms with Crippen molar-refractivity contribution in [3.8, 4) is 17.2 Å². The Bertz CT molecular complexity index is 1210. The molecule has 33 heavy (non-hydrogen) atoms. The molecule has 0 saturated heterocycles. The molecule has 0 atom stereocenters. The molecule has 3 aromatic carbocycles. The standard InChI is InChI=1S/C24H18F3NO5/c1-15(23(29)17-6-4-3-5-7-17)12-16-8-10-21(22(13-16)32-2)33-20-11-9-18(24(25,26)27)14-19(20)28(30)31/h3-11,13-14H,1,12H2,2H3. The summed E-state index contributed by atoms with van der Waals surface area (Å²) in [7, 11) is 1.34. The molecule has 0 aromatic heterocycles. The first-order valence-electron chi connectivity index (χ1n) is 9.58. The molecule has 0 heterocycles. The number of carbonyl (C=O) groups excluding carboxylic acids is 1. The summed E-state index contributed by atoms with van der Waals surface area (Å²) in [4.78, 5) is 22.8. The number of nitro groups is 1. The molecule has 0 bridgehead atoms. The van der Waals surface area contributed by atoms with E-state index in [9.17, 15) is 28.1 Å². The Labute approximate surface area is 187 Å². The Morgan fingerprint density at radius 3 is 2.27 bits per heavy atom. The number of ketones is 1. The van der Waals surface area contributed by atoms with Gasteiger partial charge in [0, 0.05) is 18.1 Å². The number of ether oxygens (including phenoxy) is 2. The number of rotatable bonds is 8. The zero-order chi connectivity index (χ0) is 24.2. The fraction of sp³-hybridized carbons (Fsp3) is 0.125. The average Bonchev–Trinajstić information content (AvgIpc) is 2.79. The van der Waals surface area contributed by atoms with Gasteiger partial charge in [-0.25, -0.2) is 0 Å². The maximum absolute atomic E-state index is 12.9. The monoisotopic (exact) mass is 457 g/mol. The normalized spacial score (nSPS) is 11.0. The van der Waals surface area contributed by atoms with Gasteiger partial charge in [-0.05, 0) is 35.4 Å². The summed E-state index contributed by atoms with van der Waals surface area (Å²) in [6, 6.07) is 15.3. The molecule has 3 aromatic rings. The van der Waals surface area contributed by atoms with Gasteiger partial charge in [0.2, 0.25) is 5.75 Å². The minimum absolute atomic E-state index is 0.0594. The minimum atomic E-state index is -4.73. The molecule has 0 N–H and O–H groups in total. The van der Waals surface area contributed by atoms with Crippen molar-refractivity contribution >= 4 is 11.5 Å². The Balaban J connectivity index is 1.84. The van der Waals surface area contributed by atoms with Crippen LogP contribution in [0.3, 0.4) is 0 Å². The third-order valence-electron chi connectivity index (χ3n) is 4.71. The number of hydrogen-bond donors (Lipinski definition) is 0. The van der Waals surface area contributed by atoms with E-state index in [-0.39, 0.29) is 29.5 Å². The second kappa shape index (κ2) is 9.56. The number of halogens is 3. The van der Waals surface area contributed by atoms with E-state index in [2.05, 4.69) is 6.58 Å².